The van der Waals surface area contributed by atoms with Crippen molar-refractivity contribution >= 4 is 10.0 Å². The van der Waals surface area contributed by atoms with E-state index in [2.05, 4.69) is 4.72 Å². The molecule has 1 aliphatic heterocycles. The van der Waals surface area contributed by atoms with Crippen LogP contribution in [0.3, 0.4) is 0 Å². The molecule has 1 N–H and O–H groups in total. The van der Waals surface area contributed by atoms with Gasteiger partial charge in [0, 0.05) is 19.2 Å². The number of hydrogen-bond donors (Lipinski definition) is 1. The van der Waals surface area contributed by atoms with E-state index in [1.807, 2.05) is 49.4 Å². The fourth-order valence-electron chi connectivity index (χ4n) is 3.42. The Balaban J connectivity index is 1.90. The molecule has 0 bridgehead atoms. The van der Waals surface area contributed by atoms with Crippen LogP contribution < -0.4 is 14.2 Å². The minimum atomic E-state index is -3.68. The number of nitrogens with one attached hydrogen (secondary N) is 1. The first kappa shape index (κ1) is 20.6. The zero-order valence-corrected chi connectivity index (χ0v) is 17.3. The highest BCUT2D eigenvalue weighted by atomic mass is 32.2. The third-order valence-corrected chi connectivity index (χ3v) is 6.81. The molecule has 2 aromatic carbocycles. The van der Waals surface area contributed by atoms with Gasteiger partial charge in [-0.25, -0.2) is 13.1 Å². The van der Waals surface area contributed by atoms with Crippen molar-refractivity contribution in [1.29, 1.82) is 0 Å². The van der Waals surface area contributed by atoms with E-state index in [0.717, 1.165) is 11.1 Å². The van der Waals surface area contributed by atoms with E-state index in [1.54, 1.807) is 32.4 Å². The summed E-state index contributed by atoms with van der Waals surface area (Å²) in [6.07, 6.45) is 0. The number of rotatable bonds is 7. The normalized spacial score (nSPS) is 21.4. The molecule has 28 heavy (non-hydrogen) atoms. The maximum atomic E-state index is 13.2. The van der Waals surface area contributed by atoms with Crippen LogP contribution in [0.1, 0.15) is 30.1 Å². The summed E-state index contributed by atoms with van der Waals surface area (Å²) in [5.41, 5.74) is 1.65. The lowest BCUT2D eigenvalue weighted by molar-refractivity contribution is -0.110. The van der Waals surface area contributed by atoms with Gasteiger partial charge in [-0.15, -0.1) is 0 Å². The van der Waals surface area contributed by atoms with Crippen molar-refractivity contribution in [2.75, 3.05) is 27.9 Å². The maximum Gasteiger partial charge on any atom is 0.219 e. The van der Waals surface area contributed by atoms with E-state index in [-0.39, 0.29) is 12.6 Å². The zero-order chi connectivity index (χ0) is 20.3. The van der Waals surface area contributed by atoms with Gasteiger partial charge in [-0.3, -0.25) is 4.84 Å². The molecule has 0 spiro atoms. The first-order valence-electron chi connectivity index (χ1n) is 9.00. The third kappa shape index (κ3) is 4.30. The van der Waals surface area contributed by atoms with Crippen LogP contribution in [0, 0.1) is 0 Å². The van der Waals surface area contributed by atoms with Gasteiger partial charge in [0.1, 0.15) is 16.7 Å². The lowest BCUT2D eigenvalue weighted by Gasteiger charge is -2.25. The second-order valence-electron chi connectivity index (χ2n) is 6.77. The Bertz CT molecular complexity index is 882. The van der Waals surface area contributed by atoms with Gasteiger partial charge in [0.25, 0.3) is 0 Å². The van der Waals surface area contributed by atoms with Gasteiger partial charge in [-0.1, -0.05) is 30.3 Å². The number of hydroxylamine groups is 2. The van der Waals surface area contributed by atoms with Crippen LogP contribution in [0.5, 0.6) is 11.5 Å². The van der Waals surface area contributed by atoms with E-state index in [4.69, 9.17) is 14.3 Å². The lowest BCUT2D eigenvalue weighted by Crippen LogP contribution is -2.40. The van der Waals surface area contributed by atoms with E-state index >= 15 is 0 Å². The van der Waals surface area contributed by atoms with Crippen molar-refractivity contribution in [2.24, 2.45) is 0 Å². The highest BCUT2D eigenvalue weighted by Gasteiger charge is 2.44. The quantitative estimate of drug-likeness (QED) is 0.762. The molecule has 1 saturated heterocycles. The Labute approximate surface area is 166 Å². The van der Waals surface area contributed by atoms with E-state index in [9.17, 15) is 8.42 Å². The number of methoxy groups -OCH3 is 2. The summed E-state index contributed by atoms with van der Waals surface area (Å²) in [6.45, 7) is 1.90. The van der Waals surface area contributed by atoms with Crippen molar-refractivity contribution in [3.05, 3.63) is 59.7 Å². The summed E-state index contributed by atoms with van der Waals surface area (Å²) in [5.74, 6) is 1.19. The molecule has 0 saturated carbocycles. The van der Waals surface area contributed by atoms with Gasteiger partial charge in [0.05, 0.1) is 26.9 Å². The van der Waals surface area contributed by atoms with Crippen LogP contribution in [0.25, 0.3) is 0 Å². The Hall–Kier alpha value is -2.13. The third-order valence-electron chi connectivity index (χ3n) is 4.94. The highest BCUT2D eigenvalue weighted by Crippen LogP contribution is 2.37. The lowest BCUT2D eigenvalue weighted by atomic mass is 10.0. The largest absolute Gasteiger partial charge is 0.497 e. The number of nitrogens with zero attached hydrogens (tertiary/aromatic N) is 1. The molecule has 0 unspecified atom stereocenters. The van der Waals surface area contributed by atoms with Crippen molar-refractivity contribution in [2.45, 2.75) is 24.3 Å². The van der Waals surface area contributed by atoms with Crippen LogP contribution in [0.4, 0.5) is 0 Å². The van der Waals surface area contributed by atoms with E-state index in [1.165, 1.54) is 0 Å². The Morgan fingerprint density at radius 3 is 2.29 bits per heavy atom. The number of ether oxygens (including phenoxy) is 2. The van der Waals surface area contributed by atoms with Crippen LogP contribution in [-0.4, -0.2) is 46.6 Å². The molecular formula is C20H26N2O5S. The van der Waals surface area contributed by atoms with Crippen LogP contribution in [0.2, 0.25) is 0 Å². The molecule has 0 radical (unpaired) electrons. The highest BCUT2D eigenvalue weighted by molar-refractivity contribution is 7.90. The average molecular weight is 407 g/mol. The summed E-state index contributed by atoms with van der Waals surface area (Å²) in [6, 6.07) is 14.0. The number of benzene rings is 2. The van der Waals surface area contributed by atoms with Crippen LogP contribution in [0.15, 0.2) is 48.5 Å². The van der Waals surface area contributed by atoms with Crippen molar-refractivity contribution in [1.82, 2.24) is 9.79 Å². The van der Waals surface area contributed by atoms with Gasteiger partial charge >= 0.3 is 0 Å². The minimum Gasteiger partial charge on any atom is -0.497 e. The fraction of sp³-hybridized carbons (Fsp3) is 0.400. The summed E-state index contributed by atoms with van der Waals surface area (Å²) in [5, 5.41) is 0.797. The molecular weight excluding hydrogens is 380 g/mol. The fourth-order valence-corrected chi connectivity index (χ4v) is 5.14. The van der Waals surface area contributed by atoms with Gasteiger partial charge in [-0.2, -0.15) is 5.06 Å². The molecule has 1 aliphatic rings. The van der Waals surface area contributed by atoms with Crippen LogP contribution >= 0.6 is 0 Å². The number of hydrogen-bond acceptors (Lipinski definition) is 6. The van der Waals surface area contributed by atoms with Crippen molar-refractivity contribution in [3.63, 3.8) is 0 Å². The van der Waals surface area contributed by atoms with Crippen LogP contribution in [-0.2, 0) is 14.9 Å². The Morgan fingerprint density at radius 1 is 1.11 bits per heavy atom. The standard InChI is InChI=1S/C20H26N2O5S/c1-14(15-8-6-5-7-9-15)21-28(23,24)19-13-27-22(2)20(19)16-10-17(25-3)12-18(11-16)26-4/h5-12,14,19-21H,13H2,1-4H3/t14-,19-,20+/m0/s1. The number of sulfonamides is 1. The van der Waals surface area contributed by atoms with Crippen molar-refractivity contribution in [3.8, 4) is 11.5 Å². The molecule has 2 aromatic rings. The summed E-state index contributed by atoms with van der Waals surface area (Å²) < 4.78 is 39.8. The van der Waals surface area contributed by atoms with E-state index in [0.29, 0.717) is 11.5 Å². The molecule has 0 amide bonds. The SMILES string of the molecule is COc1cc(OC)cc([C@@H]2[C@@H](S(=O)(=O)N[C@@H](C)c3ccccc3)CON2C)c1. The molecule has 0 aromatic heterocycles. The molecule has 1 fully saturated rings. The van der Waals surface area contributed by atoms with Gasteiger partial charge < -0.3 is 9.47 Å². The zero-order valence-electron chi connectivity index (χ0n) is 16.5. The smallest absolute Gasteiger partial charge is 0.219 e. The van der Waals surface area contributed by atoms with Gasteiger partial charge in [-0.05, 0) is 30.2 Å². The predicted molar refractivity (Wildman–Crippen MR) is 107 cm³/mol. The predicted octanol–water partition coefficient (Wildman–Crippen LogP) is 2.67. The topological polar surface area (TPSA) is 77.1 Å². The molecule has 7 nitrogen and oxygen atoms in total. The molecule has 0 aliphatic carbocycles. The Kier molecular flexibility index (Phi) is 6.24. The summed E-state index contributed by atoms with van der Waals surface area (Å²) in [7, 11) is 1.17. The molecule has 3 atom stereocenters. The van der Waals surface area contributed by atoms with Gasteiger partial charge in [0.15, 0.2) is 0 Å². The monoisotopic (exact) mass is 406 g/mol. The second-order valence-corrected chi connectivity index (χ2v) is 8.70. The maximum absolute atomic E-state index is 13.2. The Morgan fingerprint density at radius 2 is 1.71 bits per heavy atom. The first-order chi connectivity index (χ1) is 13.4. The van der Waals surface area contributed by atoms with Crippen molar-refractivity contribution < 1.29 is 22.7 Å². The second kappa shape index (κ2) is 8.48. The molecule has 3 rings (SSSR count). The molecule has 8 heteroatoms. The first-order valence-corrected chi connectivity index (χ1v) is 10.5. The average Bonchev–Trinajstić information content (AvgIpc) is 3.10. The summed E-state index contributed by atoms with van der Waals surface area (Å²) in [4.78, 5) is 5.59. The summed E-state index contributed by atoms with van der Waals surface area (Å²) >= 11 is 0. The molecule has 152 valence electrons. The minimum absolute atomic E-state index is 0.0670. The molecule has 1 heterocycles. The van der Waals surface area contributed by atoms with Gasteiger partial charge in [0.2, 0.25) is 10.0 Å². The van der Waals surface area contributed by atoms with E-state index < -0.39 is 21.3 Å².